The second-order valence-electron chi connectivity index (χ2n) is 4.63. The number of carbonyl (C=O) groups is 1. The number of rotatable bonds is 6. The van der Waals surface area contributed by atoms with E-state index in [1.165, 1.54) is 11.8 Å². The summed E-state index contributed by atoms with van der Waals surface area (Å²) in [6.45, 7) is 7.06. The topological polar surface area (TPSA) is 77.2 Å². The molecule has 0 aliphatic rings. The van der Waals surface area contributed by atoms with E-state index in [4.69, 9.17) is 9.15 Å². The molecule has 1 heterocycles. The van der Waals surface area contributed by atoms with Gasteiger partial charge in [0.25, 0.3) is 17.0 Å². The predicted octanol–water partition coefficient (Wildman–Crippen LogP) is 3.45. The lowest BCUT2D eigenvalue weighted by Gasteiger charge is -2.12. The van der Waals surface area contributed by atoms with Crippen LogP contribution in [0.4, 0.5) is 5.69 Å². The van der Waals surface area contributed by atoms with Gasteiger partial charge in [-0.1, -0.05) is 24.4 Å². The zero-order chi connectivity index (χ0) is 16.1. The fourth-order valence-electron chi connectivity index (χ4n) is 1.61. The standard InChI is InChI=1S/C15H17N3O3S/c1-9(2)13(19)16-11-6-5-7-12(8-11)20-10(3)14-17-18-15(21-14)22-4/h5-8,10H,1H2,2-4H3,(H,16,19). The van der Waals surface area contributed by atoms with Crippen LogP contribution in [0.2, 0.25) is 0 Å². The molecule has 7 heteroatoms. The highest BCUT2D eigenvalue weighted by Gasteiger charge is 2.15. The predicted molar refractivity (Wildman–Crippen MR) is 85.0 cm³/mol. The van der Waals surface area contributed by atoms with Crippen molar-refractivity contribution in [2.24, 2.45) is 0 Å². The Morgan fingerprint density at radius 2 is 2.23 bits per heavy atom. The van der Waals surface area contributed by atoms with Crippen LogP contribution in [-0.4, -0.2) is 22.4 Å². The molecule has 2 aromatic rings. The van der Waals surface area contributed by atoms with Gasteiger partial charge in [-0.2, -0.15) is 0 Å². The number of amides is 1. The molecule has 1 atom stereocenters. The van der Waals surface area contributed by atoms with Gasteiger partial charge in [-0.3, -0.25) is 4.79 Å². The summed E-state index contributed by atoms with van der Waals surface area (Å²) in [5, 5.41) is 11.0. The number of nitrogens with one attached hydrogen (secondary N) is 1. The highest BCUT2D eigenvalue weighted by Crippen LogP contribution is 2.25. The summed E-state index contributed by atoms with van der Waals surface area (Å²) in [6, 6.07) is 7.08. The number of ether oxygens (including phenoxy) is 1. The van der Waals surface area contributed by atoms with Crippen molar-refractivity contribution < 1.29 is 13.9 Å². The Bertz CT molecular complexity index is 684. The quantitative estimate of drug-likeness (QED) is 0.649. The molecule has 1 N–H and O–H groups in total. The Hall–Kier alpha value is -2.28. The van der Waals surface area contributed by atoms with Gasteiger partial charge < -0.3 is 14.5 Å². The maximum Gasteiger partial charge on any atom is 0.276 e. The summed E-state index contributed by atoms with van der Waals surface area (Å²) in [5.41, 5.74) is 1.07. The van der Waals surface area contributed by atoms with Crippen LogP contribution in [0, 0.1) is 0 Å². The van der Waals surface area contributed by atoms with Crippen molar-refractivity contribution in [3.05, 3.63) is 42.3 Å². The van der Waals surface area contributed by atoms with Gasteiger partial charge >= 0.3 is 0 Å². The van der Waals surface area contributed by atoms with E-state index in [0.29, 0.717) is 28.1 Å². The van der Waals surface area contributed by atoms with Crippen LogP contribution >= 0.6 is 11.8 Å². The average Bonchev–Trinajstić information content (AvgIpc) is 2.96. The summed E-state index contributed by atoms with van der Waals surface area (Å²) < 4.78 is 11.2. The summed E-state index contributed by atoms with van der Waals surface area (Å²) in [7, 11) is 0. The molecular weight excluding hydrogens is 302 g/mol. The van der Waals surface area contributed by atoms with E-state index in [-0.39, 0.29) is 12.0 Å². The van der Waals surface area contributed by atoms with Crippen molar-refractivity contribution >= 4 is 23.4 Å². The zero-order valence-corrected chi connectivity index (χ0v) is 13.4. The van der Waals surface area contributed by atoms with E-state index in [1.807, 2.05) is 13.2 Å². The number of carbonyl (C=O) groups excluding carboxylic acids is 1. The number of aromatic nitrogens is 2. The lowest BCUT2D eigenvalue weighted by Crippen LogP contribution is -2.12. The molecule has 0 saturated carbocycles. The number of benzene rings is 1. The fraction of sp³-hybridized carbons (Fsp3) is 0.267. The highest BCUT2D eigenvalue weighted by atomic mass is 32.2. The Morgan fingerprint density at radius 3 is 2.86 bits per heavy atom. The van der Waals surface area contributed by atoms with E-state index >= 15 is 0 Å². The second-order valence-corrected chi connectivity index (χ2v) is 5.39. The first-order valence-electron chi connectivity index (χ1n) is 6.60. The van der Waals surface area contributed by atoms with Crippen LogP contribution in [-0.2, 0) is 4.79 Å². The number of thioether (sulfide) groups is 1. The minimum atomic E-state index is -0.388. The van der Waals surface area contributed by atoms with Crippen LogP contribution < -0.4 is 10.1 Å². The first-order chi connectivity index (χ1) is 10.5. The molecule has 1 unspecified atom stereocenters. The van der Waals surface area contributed by atoms with Gasteiger partial charge in [-0.25, -0.2) is 0 Å². The molecule has 0 saturated heterocycles. The van der Waals surface area contributed by atoms with Gasteiger partial charge in [0.05, 0.1) is 0 Å². The van der Waals surface area contributed by atoms with Gasteiger partial charge in [0.1, 0.15) is 5.75 Å². The van der Waals surface area contributed by atoms with E-state index in [2.05, 4.69) is 22.1 Å². The van der Waals surface area contributed by atoms with E-state index in [9.17, 15) is 4.79 Å². The van der Waals surface area contributed by atoms with Crippen molar-refractivity contribution in [2.75, 3.05) is 11.6 Å². The highest BCUT2D eigenvalue weighted by molar-refractivity contribution is 7.98. The summed E-state index contributed by atoms with van der Waals surface area (Å²) in [4.78, 5) is 11.6. The first kappa shape index (κ1) is 16.1. The number of nitrogens with zero attached hydrogens (tertiary/aromatic N) is 2. The number of hydrogen-bond acceptors (Lipinski definition) is 6. The number of anilines is 1. The first-order valence-corrected chi connectivity index (χ1v) is 7.83. The fourth-order valence-corrected chi connectivity index (χ4v) is 1.90. The third kappa shape index (κ3) is 4.11. The molecule has 0 bridgehead atoms. The van der Waals surface area contributed by atoms with E-state index in [1.54, 1.807) is 31.2 Å². The van der Waals surface area contributed by atoms with Gasteiger partial charge in [-0.15, -0.1) is 10.2 Å². The maximum atomic E-state index is 11.6. The minimum absolute atomic E-state index is 0.230. The smallest absolute Gasteiger partial charge is 0.276 e. The van der Waals surface area contributed by atoms with Crippen molar-refractivity contribution in [2.45, 2.75) is 25.2 Å². The largest absolute Gasteiger partial charge is 0.481 e. The van der Waals surface area contributed by atoms with Crippen LogP contribution in [0.25, 0.3) is 0 Å². The van der Waals surface area contributed by atoms with E-state index < -0.39 is 0 Å². The molecule has 116 valence electrons. The molecule has 22 heavy (non-hydrogen) atoms. The second kappa shape index (κ2) is 7.13. The SMILES string of the molecule is C=C(C)C(=O)Nc1cccc(OC(C)c2nnc(SC)o2)c1. The molecule has 2 rings (SSSR count). The molecule has 0 spiro atoms. The molecule has 0 aliphatic carbocycles. The monoisotopic (exact) mass is 319 g/mol. The summed E-state index contributed by atoms with van der Waals surface area (Å²) in [5.74, 6) is 0.767. The van der Waals surface area contributed by atoms with Crippen LogP contribution in [0.15, 0.2) is 46.1 Å². The normalized spacial score (nSPS) is 11.8. The molecule has 1 amide bonds. The minimum Gasteiger partial charge on any atom is -0.481 e. The molecule has 0 radical (unpaired) electrons. The van der Waals surface area contributed by atoms with Crippen molar-refractivity contribution in [3.63, 3.8) is 0 Å². The third-order valence-corrected chi connectivity index (χ3v) is 3.25. The third-order valence-electron chi connectivity index (χ3n) is 2.74. The summed E-state index contributed by atoms with van der Waals surface area (Å²) >= 11 is 1.37. The average molecular weight is 319 g/mol. The molecule has 0 fully saturated rings. The van der Waals surface area contributed by atoms with Gasteiger partial charge in [0, 0.05) is 17.3 Å². The summed E-state index contributed by atoms with van der Waals surface area (Å²) in [6.07, 6.45) is 1.47. The van der Waals surface area contributed by atoms with Crippen molar-refractivity contribution in [3.8, 4) is 5.75 Å². The Labute approximate surface area is 133 Å². The molecule has 1 aromatic carbocycles. The van der Waals surface area contributed by atoms with E-state index in [0.717, 1.165) is 0 Å². The lowest BCUT2D eigenvalue weighted by atomic mass is 10.2. The van der Waals surface area contributed by atoms with Crippen LogP contribution in [0.5, 0.6) is 5.75 Å². The Balaban J connectivity index is 2.06. The van der Waals surface area contributed by atoms with Gasteiger partial charge in [0.2, 0.25) is 0 Å². The lowest BCUT2D eigenvalue weighted by molar-refractivity contribution is -0.112. The number of hydrogen-bond donors (Lipinski definition) is 1. The maximum absolute atomic E-state index is 11.6. The van der Waals surface area contributed by atoms with Gasteiger partial charge in [-0.05, 0) is 32.2 Å². The molecule has 0 aliphatic heterocycles. The van der Waals surface area contributed by atoms with Crippen LogP contribution in [0.1, 0.15) is 25.8 Å². The zero-order valence-electron chi connectivity index (χ0n) is 12.6. The Morgan fingerprint density at radius 1 is 1.45 bits per heavy atom. The van der Waals surface area contributed by atoms with Gasteiger partial charge in [0.15, 0.2) is 6.10 Å². The van der Waals surface area contributed by atoms with Crippen LogP contribution in [0.3, 0.4) is 0 Å². The molecular formula is C15H17N3O3S. The molecule has 6 nitrogen and oxygen atoms in total. The van der Waals surface area contributed by atoms with Crippen molar-refractivity contribution in [1.82, 2.24) is 10.2 Å². The Kier molecular flexibility index (Phi) is 5.21. The van der Waals surface area contributed by atoms with Crippen molar-refractivity contribution in [1.29, 1.82) is 0 Å². The molecule has 1 aromatic heterocycles.